The molecule has 0 radical (unpaired) electrons. The molecule has 0 spiro atoms. The molecule has 1 aromatic heterocycles. The molecule has 0 aliphatic heterocycles. The Kier molecular flexibility index (Phi) is 4.22. The molecule has 0 aliphatic rings. The topological polar surface area (TPSA) is 102 Å². The Morgan fingerprint density at radius 2 is 1.88 bits per heavy atom. The Labute approximate surface area is 144 Å². The third-order valence-electron chi connectivity index (χ3n) is 3.96. The van der Waals surface area contributed by atoms with Crippen LogP contribution < -0.4 is 5.32 Å². The lowest BCUT2D eigenvalue weighted by Gasteiger charge is -2.09. The molecule has 0 unspecified atom stereocenters. The maximum absolute atomic E-state index is 11.8. The van der Waals surface area contributed by atoms with Crippen LogP contribution in [0.15, 0.2) is 51.8 Å². The minimum Gasteiger partial charge on any atom is -0.459 e. The molecular formula is C17H16N2O5S. The number of anilines is 1. The number of nitrogens with zero attached hydrogens (tertiary/aromatic N) is 1. The number of hydrogen-bond donors (Lipinski definition) is 1. The van der Waals surface area contributed by atoms with Crippen LogP contribution in [0.3, 0.4) is 0 Å². The van der Waals surface area contributed by atoms with Crippen LogP contribution in [0.4, 0.5) is 11.4 Å². The Morgan fingerprint density at radius 1 is 1.16 bits per heavy atom. The number of nitrogens with one attached hydrogen (secondary N) is 1. The molecule has 3 aromatic rings. The maximum Gasteiger partial charge on any atom is 0.310 e. The zero-order valence-corrected chi connectivity index (χ0v) is 14.5. The summed E-state index contributed by atoms with van der Waals surface area (Å²) in [6.07, 6.45) is 0.947. The summed E-state index contributed by atoms with van der Waals surface area (Å²) in [5.41, 5.74) is 1.34. The first-order chi connectivity index (χ1) is 11.8. The highest BCUT2D eigenvalue weighted by Crippen LogP contribution is 2.33. The van der Waals surface area contributed by atoms with Gasteiger partial charge in [0.25, 0.3) is 0 Å². The van der Waals surface area contributed by atoms with Crippen molar-refractivity contribution >= 4 is 32.2 Å². The SMILES string of the molecule is Cc1c(CNc2cccc(S(C)(=O)=O)c2[N+](=O)[O-])oc2ccccc12. The number of rotatable bonds is 5. The molecule has 130 valence electrons. The first-order valence-corrected chi connectivity index (χ1v) is 9.36. The van der Waals surface area contributed by atoms with Crippen LogP contribution in [0.25, 0.3) is 11.0 Å². The molecule has 0 aliphatic carbocycles. The first kappa shape index (κ1) is 17.0. The van der Waals surface area contributed by atoms with E-state index in [2.05, 4.69) is 5.32 Å². The highest BCUT2D eigenvalue weighted by Gasteiger charge is 2.26. The zero-order chi connectivity index (χ0) is 18.2. The van der Waals surface area contributed by atoms with E-state index in [0.29, 0.717) is 5.76 Å². The van der Waals surface area contributed by atoms with Gasteiger partial charge in [0.15, 0.2) is 9.84 Å². The van der Waals surface area contributed by atoms with Gasteiger partial charge in [0.2, 0.25) is 0 Å². The van der Waals surface area contributed by atoms with E-state index in [0.717, 1.165) is 22.8 Å². The lowest BCUT2D eigenvalue weighted by Crippen LogP contribution is -2.07. The third kappa shape index (κ3) is 3.20. The van der Waals surface area contributed by atoms with E-state index in [4.69, 9.17) is 4.42 Å². The molecule has 25 heavy (non-hydrogen) atoms. The van der Waals surface area contributed by atoms with E-state index in [1.54, 1.807) is 0 Å². The van der Waals surface area contributed by atoms with Gasteiger partial charge >= 0.3 is 5.69 Å². The smallest absolute Gasteiger partial charge is 0.310 e. The largest absolute Gasteiger partial charge is 0.459 e. The van der Waals surface area contributed by atoms with Crippen molar-refractivity contribution in [1.82, 2.24) is 0 Å². The lowest BCUT2D eigenvalue weighted by molar-refractivity contribution is -0.386. The normalized spacial score (nSPS) is 11.6. The number of furan rings is 1. The number of benzene rings is 2. The fraction of sp³-hybridized carbons (Fsp3) is 0.176. The second-order valence-corrected chi connectivity index (χ2v) is 7.67. The summed E-state index contributed by atoms with van der Waals surface area (Å²) in [4.78, 5) is 10.4. The van der Waals surface area contributed by atoms with Crippen LogP contribution in [0.2, 0.25) is 0 Å². The van der Waals surface area contributed by atoms with E-state index in [1.165, 1.54) is 18.2 Å². The third-order valence-corrected chi connectivity index (χ3v) is 5.09. The van der Waals surface area contributed by atoms with Crippen LogP contribution in [0.1, 0.15) is 11.3 Å². The van der Waals surface area contributed by atoms with Gasteiger partial charge in [0, 0.05) is 17.2 Å². The second-order valence-electron chi connectivity index (χ2n) is 5.68. The standard InChI is InChI=1S/C17H16N2O5S/c1-11-12-6-3-4-8-14(12)24-15(11)10-18-13-7-5-9-16(25(2,22)23)17(13)19(20)21/h3-9,18H,10H2,1-2H3. The van der Waals surface area contributed by atoms with Gasteiger partial charge in [-0.25, -0.2) is 8.42 Å². The fourth-order valence-corrected chi connectivity index (χ4v) is 3.58. The number of para-hydroxylation sites is 2. The van der Waals surface area contributed by atoms with E-state index < -0.39 is 20.4 Å². The van der Waals surface area contributed by atoms with Crippen molar-refractivity contribution in [2.45, 2.75) is 18.4 Å². The van der Waals surface area contributed by atoms with Crippen molar-refractivity contribution in [1.29, 1.82) is 0 Å². The zero-order valence-electron chi connectivity index (χ0n) is 13.6. The summed E-state index contributed by atoms with van der Waals surface area (Å²) in [6.45, 7) is 2.11. The second kappa shape index (κ2) is 6.21. The van der Waals surface area contributed by atoms with Gasteiger partial charge in [0.05, 0.1) is 11.5 Å². The van der Waals surface area contributed by atoms with Gasteiger partial charge < -0.3 is 9.73 Å². The van der Waals surface area contributed by atoms with Crippen molar-refractivity contribution in [3.63, 3.8) is 0 Å². The van der Waals surface area contributed by atoms with Gasteiger partial charge in [-0.1, -0.05) is 24.3 Å². The highest BCUT2D eigenvalue weighted by atomic mass is 32.2. The van der Waals surface area contributed by atoms with Crippen molar-refractivity contribution < 1.29 is 17.8 Å². The van der Waals surface area contributed by atoms with E-state index in [1.807, 2.05) is 31.2 Å². The Bertz CT molecular complexity index is 1070. The Hall–Kier alpha value is -2.87. The summed E-state index contributed by atoms with van der Waals surface area (Å²) in [7, 11) is -3.72. The van der Waals surface area contributed by atoms with Gasteiger partial charge in [-0.15, -0.1) is 0 Å². The van der Waals surface area contributed by atoms with Crippen molar-refractivity contribution in [3.8, 4) is 0 Å². The van der Waals surface area contributed by atoms with Gasteiger partial charge in [-0.2, -0.15) is 0 Å². The van der Waals surface area contributed by atoms with Crippen LogP contribution >= 0.6 is 0 Å². The predicted molar refractivity (Wildman–Crippen MR) is 94.5 cm³/mol. The average Bonchev–Trinajstić information content (AvgIpc) is 2.88. The number of aryl methyl sites for hydroxylation is 1. The van der Waals surface area contributed by atoms with E-state index >= 15 is 0 Å². The molecule has 0 bridgehead atoms. The lowest BCUT2D eigenvalue weighted by atomic mass is 10.1. The molecule has 3 rings (SSSR count). The van der Waals surface area contributed by atoms with Gasteiger partial charge in [-0.05, 0) is 25.1 Å². The van der Waals surface area contributed by atoms with Gasteiger partial charge in [0.1, 0.15) is 21.9 Å². The fourth-order valence-electron chi connectivity index (χ4n) is 2.72. The molecule has 1 N–H and O–H groups in total. The minimum absolute atomic E-state index is 0.132. The summed E-state index contributed by atoms with van der Waals surface area (Å²) in [6, 6.07) is 11.7. The van der Waals surface area contributed by atoms with E-state index in [9.17, 15) is 18.5 Å². The molecule has 0 fully saturated rings. The Morgan fingerprint density at radius 3 is 2.52 bits per heavy atom. The first-order valence-electron chi connectivity index (χ1n) is 7.47. The molecular weight excluding hydrogens is 344 g/mol. The molecule has 8 heteroatoms. The molecule has 0 saturated carbocycles. The quantitative estimate of drug-likeness (QED) is 0.550. The molecule has 0 amide bonds. The van der Waals surface area contributed by atoms with Crippen molar-refractivity contribution in [3.05, 3.63) is 63.9 Å². The van der Waals surface area contributed by atoms with Crippen LogP contribution in [-0.2, 0) is 16.4 Å². The van der Waals surface area contributed by atoms with Crippen LogP contribution in [0, 0.1) is 17.0 Å². The van der Waals surface area contributed by atoms with Crippen LogP contribution in [0.5, 0.6) is 0 Å². The number of nitro groups is 1. The average molecular weight is 360 g/mol. The van der Waals surface area contributed by atoms with Crippen molar-refractivity contribution in [2.24, 2.45) is 0 Å². The molecule has 1 heterocycles. The summed E-state index contributed by atoms with van der Waals surface area (Å²) < 4.78 is 29.4. The maximum atomic E-state index is 11.8. The number of hydrogen-bond acceptors (Lipinski definition) is 6. The molecule has 0 atom stereocenters. The number of sulfone groups is 1. The number of nitro benzene ring substituents is 1. The predicted octanol–water partition coefficient (Wildman–Crippen LogP) is 3.67. The minimum atomic E-state index is -3.72. The van der Waals surface area contributed by atoms with E-state index in [-0.39, 0.29) is 17.1 Å². The summed E-state index contributed by atoms with van der Waals surface area (Å²) >= 11 is 0. The van der Waals surface area contributed by atoms with Crippen molar-refractivity contribution in [2.75, 3.05) is 11.6 Å². The molecule has 0 saturated heterocycles. The highest BCUT2D eigenvalue weighted by molar-refractivity contribution is 7.90. The molecule has 7 nitrogen and oxygen atoms in total. The Balaban J connectivity index is 1.98. The van der Waals surface area contributed by atoms with Crippen LogP contribution in [-0.4, -0.2) is 19.6 Å². The summed E-state index contributed by atoms with van der Waals surface area (Å²) in [5.74, 6) is 0.639. The van der Waals surface area contributed by atoms with Gasteiger partial charge in [-0.3, -0.25) is 10.1 Å². The summed E-state index contributed by atoms with van der Waals surface area (Å²) in [5, 5.41) is 15.3. The number of fused-ring (bicyclic) bond motifs is 1. The molecule has 2 aromatic carbocycles. The monoisotopic (exact) mass is 360 g/mol.